The van der Waals surface area contributed by atoms with Crippen molar-refractivity contribution in [3.8, 4) is 0 Å². The molecule has 3 heteroatoms. The first-order valence-corrected chi connectivity index (χ1v) is 6.51. The first kappa shape index (κ1) is 11.2. The van der Waals surface area contributed by atoms with Gasteiger partial charge in [-0.25, -0.2) is 0 Å². The fraction of sp³-hybridized carbons (Fsp3) is 0.571. The Labute approximate surface area is 102 Å². The van der Waals surface area contributed by atoms with E-state index in [4.69, 9.17) is 0 Å². The van der Waals surface area contributed by atoms with E-state index < -0.39 is 0 Å². The largest absolute Gasteiger partial charge is 0.395 e. The lowest BCUT2D eigenvalue weighted by atomic mass is 10.1. The van der Waals surface area contributed by atoms with Crippen LogP contribution >= 0.6 is 0 Å². The molecule has 3 rings (SSSR count). The van der Waals surface area contributed by atoms with Crippen molar-refractivity contribution in [3.63, 3.8) is 0 Å². The van der Waals surface area contributed by atoms with Crippen LogP contribution in [0.2, 0.25) is 0 Å². The van der Waals surface area contributed by atoms with Crippen molar-refractivity contribution in [1.82, 2.24) is 10.2 Å². The quantitative estimate of drug-likeness (QED) is 0.798. The highest BCUT2D eigenvalue weighted by Crippen LogP contribution is 2.23. The molecule has 1 atom stereocenters. The Morgan fingerprint density at radius 1 is 1.24 bits per heavy atom. The monoisotopic (exact) mass is 232 g/mol. The minimum absolute atomic E-state index is 0.233. The molecule has 0 radical (unpaired) electrons. The molecule has 2 aliphatic rings. The molecule has 2 N–H and O–H groups in total. The molecule has 17 heavy (non-hydrogen) atoms. The molecule has 0 bridgehead atoms. The predicted molar refractivity (Wildman–Crippen MR) is 67.6 cm³/mol. The maximum atomic E-state index is 9.39. The third-order valence-corrected chi connectivity index (χ3v) is 3.65. The Kier molecular flexibility index (Phi) is 3.14. The van der Waals surface area contributed by atoms with Gasteiger partial charge in [0.2, 0.25) is 0 Å². The summed E-state index contributed by atoms with van der Waals surface area (Å²) >= 11 is 0. The molecule has 0 amide bonds. The van der Waals surface area contributed by atoms with Gasteiger partial charge in [0.05, 0.1) is 6.61 Å². The van der Waals surface area contributed by atoms with Crippen LogP contribution in [0.25, 0.3) is 0 Å². The second kappa shape index (κ2) is 4.77. The molecule has 1 fully saturated rings. The van der Waals surface area contributed by atoms with E-state index in [-0.39, 0.29) is 12.6 Å². The van der Waals surface area contributed by atoms with Crippen molar-refractivity contribution in [3.05, 3.63) is 35.4 Å². The summed E-state index contributed by atoms with van der Waals surface area (Å²) in [5, 5.41) is 12.9. The third kappa shape index (κ3) is 2.68. The Morgan fingerprint density at radius 3 is 2.41 bits per heavy atom. The maximum absolute atomic E-state index is 9.39. The number of nitrogens with zero attached hydrogens (tertiary/aromatic N) is 1. The van der Waals surface area contributed by atoms with Crippen molar-refractivity contribution in [1.29, 1.82) is 0 Å². The summed E-state index contributed by atoms with van der Waals surface area (Å²) in [7, 11) is 0. The van der Waals surface area contributed by atoms with Crippen LogP contribution in [0.15, 0.2) is 24.3 Å². The van der Waals surface area contributed by atoms with Crippen LogP contribution in [-0.2, 0) is 13.1 Å². The van der Waals surface area contributed by atoms with Crippen LogP contribution in [0, 0.1) is 0 Å². The van der Waals surface area contributed by atoms with E-state index >= 15 is 0 Å². The normalized spacial score (nSPS) is 21.5. The predicted octanol–water partition coefficient (Wildman–Crippen LogP) is 1.12. The SMILES string of the molecule is OCC(CN1Cc2ccccc2C1)NC1CC1. The van der Waals surface area contributed by atoms with E-state index in [1.807, 2.05) is 0 Å². The Bertz CT molecular complexity index is 365. The highest BCUT2D eigenvalue weighted by molar-refractivity contribution is 5.30. The molecule has 1 aromatic carbocycles. The van der Waals surface area contributed by atoms with Gasteiger partial charge in [0.1, 0.15) is 0 Å². The summed E-state index contributed by atoms with van der Waals surface area (Å²) in [5.41, 5.74) is 2.88. The average molecular weight is 232 g/mol. The van der Waals surface area contributed by atoms with Crippen LogP contribution in [-0.4, -0.2) is 35.2 Å². The smallest absolute Gasteiger partial charge is 0.0597 e. The number of benzene rings is 1. The molecule has 0 saturated heterocycles. The molecule has 92 valence electrons. The van der Waals surface area contributed by atoms with Gasteiger partial charge in [0.15, 0.2) is 0 Å². The Balaban J connectivity index is 1.56. The van der Waals surface area contributed by atoms with Gasteiger partial charge in [-0.2, -0.15) is 0 Å². The van der Waals surface area contributed by atoms with Gasteiger partial charge in [-0.3, -0.25) is 4.90 Å². The van der Waals surface area contributed by atoms with Crippen LogP contribution in [0.3, 0.4) is 0 Å². The minimum Gasteiger partial charge on any atom is -0.395 e. The zero-order chi connectivity index (χ0) is 11.7. The van der Waals surface area contributed by atoms with Crippen molar-refractivity contribution in [2.24, 2.45) is 0 Å². The van der Waals surface area contributed by atoms with E-state index in [0.29, 0.717) is 6.04 Å². The lowest BCUT2D eigenvalue weighted by molar-refractivity contribution is 0.180. The topological polar surface area (TPSA) is 35.5 Å². The van der Waals surface area contributed by atoms with Crippen molar-refractivity contribution >= 4 is 0 Å². The summed E-state index contributed by atoms with van der Waals surface area (Å²) in [4.78, 5) is 2.42. The number of hydrogen-bond acceptors (Lipinski definition) is 3. The van der Waals surface area contributed by atoms with Gasteiger partial charge in [-0.15, -0.1) is 0 Å². The number of aliphatic hydroxyl groups excluding tert-OH is 1. The number of rotatable bonds is 5. The Hall–Kier alpha value is -0.900. The third-order valence-electron chi connectivity index (χ3n) is 3.65. The van der Waals surface area contributed by atoms with Crippen LogP contribution in [0.4, 0.5) is 0 Å². The molecule has 1 saturated carbocycles. The highest BCUT2D eigenvalue weighted by Gasteiger charge is 2.26. The maximum Gasteiger partial charge on any atom is 0.0597 e. The molecule has 1 aromatic rings. The zero-order valence-electron chi connectivity index (χ0n) is 10.1. The van der Waals surface area contributed by atoms with Gasteiger partial charge >= 0.3 is 0 Å². The van der Waals surface area contributed by atoms with Gasteiger partial charge in [-0.05, 0) is 24.0 Å². The summed E-state index contributed by atoms with van der Waals surface area (Å²) in [6.07, 6.45) is 2.55. The lowest BCUT2D eigenvalue weighted by Gasteiger charge is -2.22. The fourth-order valence-electron chi connectivity index (χ4n) is 2.59. The van der Waals surface area contributed by atoms with Crippen molar-refractivity contribution in [2.75, 3.05) is 13.2 Å². The van der Waals surface area contributed by atoms with Crippen LogP contribution < -0.4 is 5.32 Å². The number of aliphatic hydroxyl groups is 1. The standard InChI is InChI=1S/C14H20N2O/c17-10-14(15-13-5-6-13)9-16-7-11-3-1-2-4-12(11)8-16/h1-4,13-15,17H,5-10H2. The van der Waals surface area contributed by atoms with Gasteiger partial charge in [-0.1, -0.05) is 24.3 Å². The van der Waals surface area contributed by atoms with Crippen LogP contribution in [0.5, 0.6) is 0 Å². The second-order valence-corrected chi connectivity index (χ2v) is 5.26. The first-order valence-electron chi connectivity index (χ1n) is 6.51. The summed E-state index contributed by atoms with van der Waals surface area (Å²) in [6, 6.07) is 9.52. The molecule has 1 aliphatic heterocycles. The van der Waals surface area contributed by atoms with E-state index in [1.54, 1.807) is 0 Å². The second-order valence-electron chi connectivity index (χ2n) is 5.26. The summed E-state index contributed by atoms with van der Waals surface area (Å²) < 4.78 is 0. The van der Waals surface area contributed by atoms with Gasteiger partial charge in [0, 0.05) is 31.7 Å². The van der Waals surface area contributed by atoms with Crippen molar-refractivity contribution < 1.29 is 5.11 Å². The van der Waals surface area contributed by atoms with Crippen LogP contribution in [0.1, 0.15) is 24.0 Å². The van der Waals surface area contributed by atoms with E-state index in [1.165, 1.54) is 24.0 Å². The van der Waals surface area contributed by atoms with Gasteiger partial charge in [0.25, 0.3) is 0 Å². The van der Waals surface area contributed by atoms with Crippen molar-refractivity contribution in [2.45, 2.75) is 38.0 Å². The fourth-order valence-corrected chi connectivity index (χ4v) is 2.59. The number of nitrogens with one attached hydrogen (secondary N) is 1. The molecule has 1 heterocycles. The average Bonchev–Trinajstić information content (AvgIpc) is 3.06. The number of hydrogen-bond donors (Lipinski definition) is 2. The number of fused-ring (bicyclic) bond motifs is 1. The summed E-state index contributed by atoms with van der Waals surface area (Å²) in [5.74, 6) is 0. The van der Waals surface area contributed by atoms with E-state index in [9.17, 15) is 5.11 Å². The van der Waals surface area contributed by atoms with Gasteiger partial charge < -0.3 is 10.4 Å². The molecule has 0 aromatic heterocycles. The minimum atomic E-state index is 0.233. The summed E-state index contributed by atoms with van der Waals surface area (Å²) in [6.45, 7) is 3.24. The molecule has 3 nitrogen and oxygen atoms in total. The van der Waals surface area contributed by atoms with E-state index in [0.717, 1.165) is 19.6 Å². The first-order chi connectivity index (χ1) is 8.35. The zero-order valence-corrected chi connectivity index (χ0v) is 10.1. The molecule has 1 aliphatic carbocycles. The van der Waals surface area contributed by atoms with E-state index in [2.05, 4.69) is 34.5 Å². The molecule has 1 unspecified atom stereocenters. The Morgan fingerprint density at radius 2 is 1.88 bits per heavy atom. The lowest BCUT2D eigenvalue weighted by Crippen LogP contribution is -2.42. The molecule has 0 spiro atoms. The highest BCUT2D eigenvalue weighted by atomic mass is 16.3. The molecular weight excluding hydrogens is 212 g/mol. The molecular formula is C14H20N2O.